The van der Waals surface area contributed by atoms with Crippen molar-refractivity contribution in [2.45, 2.75) is 38.6 Å². The third-order valence-electron chi connectivity index (χ3n) is 5.11. The molecule has 1 aromatic rings. The zero-order valence-electron chi connectivity index (χ0n) is 12.4. The van der Waals surface area contributed by atoms with Crippen molar-refractivity contribution >= 4 is 17.3 Å². The molecular weight excluding hydrogens is 268 g/mol. The lowest BCUT2D eigenvalue weighted by Crippen LogP contribution is -3.18. The first-order valence-corrected chi connectivity index (χ1v) is 8.45. The summed E-state index contributed by atoms with van der Waals surface area (Å²) in [5.41, 5.74) is 1.32. The molecule has 1 aromatic carbocycles. The van der Waals surface area contributed by atoms with Crippen molar-refractivity contribution in [1.29, 1.82) is 0 Å². The molecule has 2 aliphatic rings. The average Bonchev–Trinajstić information content (AvgIpc) is 2.48. The fourth-order valence-electron chi connectivity index (χ4n) is 3.92. The quantitative estimate of drug-likeness (QED) is 0.881. The van der Waals surface area contributed by atoms with Crippen molar-refractivity contribution in [1.82, 2.24) is 0 Å². The van der Waals surface area contributed by atoms with Gasteiger partial charge >= 0.3 is 0 Å². The Bertz CT molecular complexity index is 423. The van der Waals surface area contributed by atoms with E-state index in [2.05, 4.69) is 24.0 Å². The Kier molecular flexibility index (Phi) is 4.52. The van der Waals surface area contributed by atoms with Crippen LogP contribution in [0.25, 0.3) is 0 Å². The Morgan fingerprint density at radius 3 is 2.45 bits per heavy atom. The first-order chi connectivity index (χ1) is 9.72. The van der Waals surface area contributed by atoms with Gasteiger partial charge < -0.3 is 9.80 Å². The predicted octanol–water partition coefficient (Wildman–Crippen LogP) is 2.62. The molecular formula is C17H26ClN2+. The van der Waals surface area contributed by atoms with E-state index in [-0.39, 0.29) is 0 Å². The first kappa shape index (κ1) is 14.2. The van der Waals surface area contributed by atoms with Gasteiger partial charge in [-0.3, -0.25) is 0 Å². The van der Waals surface area contributed by atoms with Crippen LogP contribution in [0.3, 0.4) is 0 Å². The molecule has 2 atom stereocenters. The highest BCUT2D eigenvalue weighted by Crippen LogP contribution is 2.22. The summed E-state index contributed by atoms with van der Waals surface area (Å²) in [5.74, 6) is 0.940. The maximum absolute atomic E-state index is 5.97. The van der Waals surface area contributed by atoms with Gasteiger partial charge in [0.1, 0.15) is 0 Å². The van der Waals surface area contributed by atoms with Crippen LogP contribution in [0.15, 0.2) is 24.3 Å². The first-order valence-electron chi connectivity index (χ1n) is 8.07. The minimum atomic E-state index is 0.828. The van der Waals surface area contributed by atoms with Gasteiger partial charge in [0.15, 0.2) is 0 Å². The molecule has 1 saturated heterocycles. The van der Waals surface area contributed by atoms with Crippen LogP contribution in [-0.2, 0) is 0 Å². The average molecular weight is 294 g/mol. The van der Waals surface area contributed by atoms with Crippen molar-refractivity contribution in [3.63, 3.8) is 0 Å². The zero-order chi connectivity index (χ0) is 13.9. The maximum atomic E-state index is 5.97. The fourth-order valence-corrected chi connectivity index (χ4v) is 4.04. The molecule has 0 aromatic heterocycles. The number of piperazine rings is 1. The molecule has 1 saturated carbocycles. The molecule has 3 heteroatoms. The number of rotatable bonds is 2. The highest BCUT2D eigenvalue weighted by Gasteiger charge is 2.30. The van der Waals surface area contributed by atoms with E-state index in [9.17, 15) is 0 Å². The second-order valence-electron chi connectivity index (χ2n) is 6.59. The zero-order valence-corrected chi connectivity index (χ0v) is 13.2. The van der Waals surface area contributed by atoms with Gasteiger partial charge in [-0.2, -0.15) is 0 Å². The number of anilines is 1. The minimum absolute atomic E-state index is 0.828. The summed E-state index contributed by atoms with van der Waals surface area (Å²) < 4.78 is 0. The van der Waals surface area contributed by atoms with E-state index >= 15 is 0 Å². The number of hydrogen-bond donors (Lipinski definition) is 1. The van der Waals surface area contributed by atoms with Crippen LogP contribution >= 0.6 is 11.6 Å². The topological polar surface area (TPSA) is 7.68 Å². The van der Waals surface area contributed by atoms with Gasteiger partial charge in [-0.25, -0.2) is 0 Å². The number of halogens is 1. The third-order valence-corrected chi connectivity index (χ3v) is 5.36. The van der Waals surface area contributed by atoms with E-state index in [1.807, 2.05) is 17.0 Å². The molecule has 1 aliphatic heterocycles. The SMILES string of the molecule is C[C@H]1CCC[C@H]([NH+]2CCN(c3ccc(Cl)cc3)CC2)C1. The number of nitrogens with zero attached hydrogens (tertiary/aromatic N) is 1. The molecule has 0 spiro atoms. The Balaban J connectivity index is 1.55. The van der Waals surface area contributed by atoms with Crippen LogP contribution in [0.5, 0.6) is 0 Å². The van der Waals surface area contributed by atoms with Crippen molar-refractivity contribution < 1.29 is 4.90 Å². The second kappa shape index (κ2) is 6.36. The summed E-state index contributed by atoms with van der Waals surface area (Å²) in [7, 11) is 0. The molecule has 0 radical (unpaired) electrons. The molecule has 20 heavy (non-hydrogen) atoms. The van der Waals surface area contributed by atoms with E-state index in [1.54, 1.807) is 0 Å². The number of nitrogens with one attached hydrogen (secondary N) is 1. The number of quaternary nitrogens is 1. The Hall–Kier alpha value is -0.730. The summed E-state index contributed by atoms with van der Waals surface area (Å²) in [6.07, 6.45) is 5.77. The monoisotopic (exact) mass is 293 g/mol. The predicted molar refractivity (Wildman–Crippen MR) is 85.8 cm³/mol. The minimum Gasteiger partial charge on any atom is -0.360 e. The summed E-state index contributed by atoms with van der Waals surface area (Å²) in [6, 6.07) is 9.22. The van der Waals surface area contributed by atoms with Crippen molar-refractivity contribution in [3.8, 4) is 0 Å². The van der Waals surface area contributed by atoms with E-state index in [0.29, 0.717) is 0 Å². The number of hydrogen-bond acceptors (Lipinski definition) is 1. The molecule has 0 bridgehead atoms. The molecule has 2 fully saturated rings. The molecule has 1 N–H and O–H groups in total. The van der Waals surface area contributed by atoms with Gasteiger partial charge in [0.25, 0.3) is 0 Å². The molecule has 0 unspecified atom stereocenters. The standard InChI is InChI=1S/C17H25ClN2/c1-14-3-2-4-17(13-14)20-11-9-19(10-12-20)16-7-5-15(18)6-8-16/h5-8,14,17H,2-4,9-13H2,1H3/p+1/t14-,17-/m0/s1. The van der Waals surface area contributed by atoms with Crippen LogP contribution in [0.1, 0.15) is 32.6 Å². The lowest BCUT2D eigenvalue weighted by Gasteiger charge is -2.40. The highest BCUT2D eigenvalue weighted by atomic mass is 35.5. The Morgan fingerprint density at radius 2 is 1.80 bits per heavy atom. The molecule has 110 valence electrons. The molecule has 0 amide bonds. The van der Waals surface area contributed by atoms with Gasteiger partial charge in [-0.15, -0.1) is 0 Å². The van der Waals surface area contributed by atoms with Gasteiger partial charge in [0, 0.05) is 17.1 Å². The summed E-state index contributed by atoms with van der Waals surface area (Å²) in [5, 5.41) is 0.828. The summed E-state index contributed by atoms with van der Waals surface area (Å²) >= 11 is 5.97. The summed E-state index contributed by atoms with van der Waals surface area (Å²) in [6.45, 7) is 7.37. The summed E-state index contributed by atoms with van der Waals surface area (Å²) in [4.78, 5) is 4.35. The smallest absolute Gasteiger partial charge is 0.0951 e. The van der Waals surface area contributed by atoms with E-state index < -0.39 is 0 Å². The van der Waals surface area contributed by atoms with Crippen molar-refractivity contribution in [2.75, 3.05) is 31.1 Å². The van der Waals surface area contributed by atoms with Gasteiger partial charge in [0.2, 0.25) is 0 Å². The second-order valence-corrected chi connectivity index (χ2v) is 7.03. The van der Waals surface area contributed by atoms with Crippen LogP contribution < -0.4 is 9.80 Å². The Labute approximate surface area is 127 Å². The molecule has 1 heterocycles. The highest BCUT2D eigenvalue weighted by molar-refractivity contribution is 6.30. The van der Waals surface area contributed by atoms with Crippen LogP contribution in [0.4, 0.5) is 5.69 Å². The molecule has 1 aliphatic carbocycles. The molecule has 3 rings (SSSR count). The van der Waals surface area contributed by atoms with Crippen molar-refractivity contribution in [3.05, 3.63) is 29.3 Å². The third kappa shape index (κ3) is 3.29. The van der Waals surface area contributed by atoms with Gasteiger partial charge in [-0.05, 0) is 43.0 Å². The van der Waals surface area contributed by atoms with Crippen LogP contribution in [-0.4, -0.2) is 32.2 Å². The largest absolute Gasteiger partial charge is 0.360 e. The van der Waals surface area contributed by atoms with Gasteiger partial charge in [-0.1, -0.05) is 24.9 Å². The lowest BCUT2D eigenvalue weighted by atomic mass is 9.86. The van der Waals surface area contributed by atoms with E-state index in [4.69, 9.17) is 11.6 Å². The van der Waals surface area contributed by atoms with E-state index in [0.717, 1.165) is 17.0 Å². The van der Waals surface area contributed by atoms with E-state index in [1.165, 1.54) is 57.5 Å². The molecule has 2 nitrogen and oxygen atoms in total. The lowest BCUT2D eigenvalue weighted by molar-refractivity contribution is -0.927. The van der Waals surface area contributed by atoms with Crippen molar-refractivity contribution in [2.24, 2.45) is 5.92 Å². The van der Waals surface area contributed by atoms with Crippen LogP contribution in [0.2, 0.25) is 5.02 Å². The normalized spacial score (nSPS) is 28.6. The number of benzene rings is 1. The van der Waals surface area contributed by atoms with Crippen LogP contribution in [0, 0.1) is 5.92 Å². The maximum Gasteiger partial charge on any atom is 0.0951 e. The fraction of sp³-hybridized carbons (Fsp3) is 0.647. The Morgan fingerprint density at radius 1 is 1.10 bits per heavy atom. The van der Waals surface area contributed by atoms with Gasteiger partial charge in [0.05, 0.1) is 32.2 Å².